The molecule has 2 amide bonds. The highest BCUT2D eigenvalue weighted by Gasteiger charge is 2.34. The smallest absolute Gasteiger partial charge is 0.277 e. The maximum absolute atomic E-state index is 12.4. The van der Waals surface area contributed by atoms with E-state index in [-0.39, 0.29) is 36.2 Å². The summed E-state index contributed by atoms with van der Waals surface area (Å²) in [6.07, 6.45) is 1.49. The molecule has 3 rings (SSSR count). The highest BCUT2D eigenvalue weighted by Crippen LogP contribution is 2.21. The van der Waals surface area contributed by atoms with E-state index in [9.17, 15) is 9.59 Å². The molecule has 9 heteroatoms. The van der Waals surface area contributed by atoms with Crippen LogP contribution in [0.5, 0.6) is 0 Å². The number of hydrogen-bond acceptors (Lipinski definition) is 6. The lowest BCUT2D eigenvalue weighted by Gasteiger charge is -2.16. The van der Waals surface area contributed by atoms with E-state index in [1.165, 1.54) is 4.90 Å². The summed E-state index contributed by atoms with van der Waals surface area (Å²) < 4.78 is 12.3. The van der Waals surface area contributed by atoms with Gasteiger partial charge in [0.25, 0.3) is 5.91 Å². The van der Waals surface area contributed by atoms with Gasteiger partial charge in [-0.3, -0.25) is 9.59 Å². The van der Waals surface area contributed by atoms with E-state index in [1.807, 2.05) is 6.92 Å². The van der Waals surface area contributed by atoms with Crippen LogP contribution in [0.3, 0.4) is 0 Å². The Balaban J connectivity index is 1.71. The Bertz CT molecular complexity index is 575. The van der Waals surface area contributed by atoms with Crippen LogP contribution in [-0.4, -0.2) is 82.8 Å². The molecule has 2 saturated heterocycles. The Morgan fingerprint density at radius 2 is 2.32 bits per heavy atom. The Kier molecular flexibility index (Phi) is 4.08. The lowest BCUT2D eigenvalue weighted by molar-refractivity contribution is -0.126. The lowest BCUT2D eigenvalue weighted by Crippen LogP contribution is -2.31. The minimum absolute atomic E-state index is 0.0492. The van der Waals surface area contributed by atoms with Crippen molar-refractivity contribution in [2.24, 2.45) is 0 Å². The molecule has 0 spiro atoms. The third kappa shape index (κ3) is 2.57. The van der Waals surface area contributed by atoms with Gasteiger partial charge in [-0.25, -0.2) is 4.68 Å². The second-order valence-corrected chi connectivity index (χ2v) is 5.36. The van der Waals surface area contributed by atoms with E-state index in [4.69, 9.17) is 9.47 Å². The highest BCUT2D eigenvalue weighted by atomic mass is 16.5. The van der Waals surface area contributed by atoms with Gasteiger partial charge in [-0.05, 0) is 6.92 Å². The number of carbonyl (C=O) groups is 2. The van der Waals surface area contributed by atoms with Crippen molar-refractivity contribution in [1.82, 2.24) is 24.8 Å². The van der Waals surface area contributed by atoms with Gasteiger partial charge in [-0.1, -0.05) is 5.21 Å². The van der Waals surface area contributed by atoms with Crippen LogP contribution < -0.4 is 0 Å². The van der Waals surface area contributed by atoms with E-state index in [0.717, 1.165) is 0 Å². The molecule has 2 fully saturated rings. The van der Waals surface area contributed by atoms with Crippen LogP contribution in [0.25, 0.3) is 0 Å². The fourth-order valence-corrected chi connectivity index (χ4v) is 2.70. The van der Waals surface area contributed by atoms with E-state index in [2.05, 4.69) is 10.3 Å². The normalized spacial score (nSPS) is 25.3. The number of rotatable bonds is 4. The van der Waals surface area contributed by atoms with Gasteiger partial charge in [0.05, 0.1) is 26.1 Å². The maximum Gasteiger partial charge on any atom is 0.277 e. The quantitative estimate of drug-likeness (QED) is 0.718. The fourth-order valence-electron chi connectivity index (χ4n) is 2.70. The summed E-state index contributed by atoms with van der Waals surface area (Å²) in [6.45, 7) is 3.83. The van der Waals surface area contributed by atoms with Gasteiger partial charge in [0.1, 0.15) is 18.7 Å². The predicted octanol–water partition coefficient (Wildman–Crippen LogP) is -0.874. The number of aromatic nitrogens is 3. The first-order chi connectivity index (χ1) is 10.6. The molecule has 0 aromatic carbocycles. The summed E-state index contributed by atoms with van der Waals surface area (Å²) in [7, 11) is 1.62. The molecule has 9 nitrogen and oxygen atoms in total. The first-order valence-corrected chi connectivity index (χ1v) is 7.23. The Morgan fingerprint density at radius 3 is 3.00 bits per heavy atom. The van der Waals surface area contributed by atoms with Gasteiger partial charge < -0.3 is 19.3 Å². The highest BCUT2D eigenvalue weighted by molar-refractivity contribution is 5.96. The second kappa shape index (κ2) is 6.01. The van der Waals surface area contributed by atoms with Crippen molar-refractivity contribution in [3.63, 3.8) is 0 Å². The zero-order chi connectivity index (χ0) is 15.7. The molecule has 1 aromatic heterocycles. The van der Waals surface area contributed by atoms with Crippen molar-refractivity contribution < 1.29 is 19.1 Å². The number of amides is 2. The summed E-state index contributed by atoms with van der Waals surface area (Å²) in [5, 5.41) is 7.94. The van der Waals surface area contributed by atoms with Crippen molar-refractivity contribution in [2.75, 3.05) is 40.1 Å². The van der Waals surface area contributed by atoms with Crippen molar-refractivity contribution >= 4 is 11.8 Å². The molecule has 120 valence electrons. The van der Waals surface area contributed by atoms with Crippen LogP contribution in [-0.2, 0) is 14.3 Å². The molecular weight excluding hydrogens is 290 g/mol. The van der Waals surface area contributed by atoms with Crippen LogP contribution >= 0.6 is 0 Å². The summed E-state index contributed by atoms with van der Waals surface area (Å²) in [4.78, 5) is 27.2. The van der Waals surface area contributed by atoms with Gasteiger partial charge in [0.15, 0.2) is 5.69 Å². The van der Waals surface area contributed by atoms with Gasteiger partial charge >= 0.3 is 0 Å². The van der Waals surface area contributed by atoms with E-state index < -0.39 is 0 Å². The average molecular weight is 309 g/mol. The van der Waals surface area contributed by atoms with E-state index in [0.29, 0.717) is 26.4 Å². The standard InChI is InChI=1S/C13H19N5O4/c1-3-16-8-17(5-12(16)19)13(20)9-4-18(15-14-9)10-6-22-7-11(10)21-2/h4,10-11H,3,5-8H2,1-2H3/t10-,11-/m1/s1. The minimum atomic E-state index is -0.288. The number of carbonyl (C=O) groups excluding carboxylic acids is 2. The summed E-state index contributed by atoms with van der Waals surface area (Å²) in [6, 6.07) is -0.0913. The van der Waals surface area contributed by atoms with Crippen molar-refractivity contribution in [1.29, 1.82) is 0 Å². The average Bonchev–Trinajstić information content (AvgIpc) is 3.24. The molecule has 3 heterocycles. The molecule has 1 aromatic rings. The minimum Gasteiger partial charge on any atom is -0.377 e. The van der Waals surface area contributed by atoms with Gasteiger partial charge in [0.2, 0.25) is 5.91 Å². The number of methoxy groups -OCH3 is 1. The van der Waals surface area contributed by atoms with Crippen LogP contribution in [0.4, 0.5) is 0 Å². The first kappa shape index (κ1) is 14.9. The van der Waals surface area contributed by atoms with Crippen LogP contribution in [0.2, 0.25) is 0 Å². The topological polar surface area (TPSA) is 89.8 Å². The number of ether oxygens (including phenoxy) is 2. The second-order valence-electron chi connectivity index (χ2n) is 5.36. The van der Waals surface area contributed by atoms with Crippen LogP contribution in [0, 0.1) is 0 Å². The molecule has 0 saturated carbocycles. The number of nitrogens with zero attached hydrogens (tertiary/aromatic N) is 5. The Labute approximate surface area is 127 Å². The molecule has 0 radical (unpaired) electrons. The molecule has 0 unspecified atom stereocenters. The zero-order valence-corrected chi connectivity index (χ0v) is 12.6. The number of hydrogen-bond donors (Lipinski definition) is 0. The summed E-state index contributed by atoms with van der Waals surface area (Å²) in [5.41, 5.74) is 0.229. The van der Waals surface area contributed by atoms with Gasteiger partial charge in [-0.2, -0.15) is 0 Å². The molecular formula is C13H19N5O4. The third-order valence-corrected chi connectivity index (χ3v) is 4.06. The van der Waals surface area contributed by atoms with Crippen molar-refractivity contribution in [3.05, 3.63) is 11.9 Å². The molecule has 2 aliphatic rings. The molecule has 0 N–H and O–H groups in total. The maximum atomic E-state index is 12.4. The first-order valence-electron chi connectivity index (χ1n) is 7.23. The van der Waals surface area contributed by atoms with Crippen molar-refractivity contribution in [2.45, 2.75) is 19.1 Å². The number of likely N-dealkylation sites (N-methyl/N-ethyl adjacent to an activating group) is 1. The monoisotopic (exact) mass is 309 g/mol. The Morgan fingerprint density at radius 1 is 1.50 bits per heavy atom. The predicted molar refractivity (Wildman–Crippen MR) is 74.0 cm³/mol. The molecule has 0 bridgehead atoms. The van der Waals surface area contributed by atoms with Gasteiger partial charge in [0, 0.05) is 13.7 Å². The molecule has 2 atom stereocenters. The molecule has 22 heavy (non-hydrogen) atoms. The van der Waals surface area contributed by atoms with Gasteiger partial charge in [-0.15, -0.1) is 5.10 Å². The summed E-state index contributed by atoms with van der Waals surface area (Å²) in [5.74, 6) is -0.338. The van der Waals surface area contributed by atoms with Crippen molar-refractivity contribution in [3.8, 4) is 0 Å². The van der Waals surface area contributed by atoms with Crippen LogP contribution in [0.15, 0.2) is 6.20 Å². The lowest BCUT2D eigenvalue weighted by atomic mass is 10.2. The fraction of sp³-hybridized carbons (Fsp3) is 0.692. The SMILES string of the molecule is CCN1CN(C(=O)c2cn([C@@H]3COC[C@H]3OC)nn2)CC1=O. The van der Waals surface area contributed by atoms with Crippen LogP contribution in [0.1, 0.15) is 23.5 Å². The summed E-state index contributed by atoms with van der Waals surface area (Å²) >= 11 is 0. The van der Waals surface area contributed by atoms with E-state index in [1.54, 1.807) is 22.9 Å². The Hall–Kier alpha value is -2.00. The third-order valence-electron chi connectivity index (χ3n) is 4.06. The molecule has 0 aliphatic carbocycles. The zero-order valence-electron chi connectivity index (χ0n) is 12.6. The van der Waals surface area contributed by atoms with E-state index >= 15 is 0 Å². The largest absolute Gasteiger partial charge is 0.377 e. The molecule has 2 aliphatic heterocycles.